The number of carbonyl (C=O) groups excluding carboxylic acids is 1. The van der Waals surface area contributed by atoms with E-state index in [0.29, 0.717) is 34.9 Å². The predicted octanol–water partition coefficient (Wildman–Crippen LogP) is 6.05. The molecule has 0 saturated carbocycles. The molecule has 1 amide bonds. The van der Waals surface area contributed by atoms with Crippen molar-refractivity contribution in [3.05, 3.63) is 106 Å². The summed E-state index contributed by atoms with van der Waals surface area (Å²) in [4.78, 5) is 34.7. The first-order chi connectivity index (χ1) is 18.6. The number of aromatic nitrogens is 3. The van der Waals surface area contributed by atoms with Crippen molar-refractivity contribution >= 4 is 60.2 Å². The van der Waals surface area contributed by atoms with Crippen molar-refractivity contribution in [2.45, 2.75) is 31.6 Å². The lowest BCUT2D eigenvalue weighted by Gasteiger charge is -2.12. The first-order valence-electron chi connectivity index (χ1n) is 12.5. The molecule has 0 aliphatic heterocycles. The molecule has 6 aromatic rings. The third-order valence-electron chi connectivity index (χ3n) is 6.67. The fourth-order valence-corrected chi connectivity index (χ4v) is 6.56. The minimum Gasteiger partial charge on any atom is -0.361 e. The van der Waals surface area contributed by atoms with Crippen LogP contribution in [0.25, 0.3) is 31.2 Å². The van der Waals surface area contributed by atoms with Crippen LogP contribution in [0.5, 0.6) is 0 Å². The summed E-state index contributed by atoms with van der Waals surface area (Å²) in [7, 11) is 0. The lowest BCUT2D eigenvalue weighted by atomic mass is 10.1. The average Bonchev–Trinajstić information content (AvgIpc) is 3.53. The van der Waals surface area contributed by atoms with Crippen molar-refractivity contribution in [2.24, 2.45) is 0 Å². The summed E-state index contributed by atoms with van der Waals surface area (Å²) in [6.07, 6.45) is 2.68. The van der Waals surface area contributed by atoms with E-state index in [1.807, 2.05) is 79.9 Å². The van der Waals surface area contributed by atoms with E-state index in [0.717, 1.165) is 32.1 Å². The van der Waals surface area contributed by atoms with Gasteiger partial charge in [0.1, 0.15) is 4.70 Å². The molecule has 0 spiro atoms. The van der Waals surface area contributed by atoms with Gasteiger partial charge in [-0.2, -0.15) is 0 Å². The number of aryl methyl sites for hydroxylation is 2. The molecule has 0 saturated heterocycles. The van der Waals surface area contributed by atoms with E-state index in [4.69, 9.17) is 4.98 Å². The molecule has 190 valence electrons. The van der Waals surface area contributed by atoms with Gasteiger partial charge in [-0.05, 0) is 36.6 Å². The molecule has 3 aromatic carbocycles. The second-order valence-corrected chi connectivity index (χ2v) is 11.3. The predicted molar refractivity (Wildman–Crippen MR) is 157 cm³/mol. The molecule has 38 heavy (non-hydrogen) atoms. The largest absolute Gasteiger partial charge is 0.361 e. The summed E-state index contributed by atoms with van der Waals surface area (Å²) in [6, 6.07) is 24.2. The highest BCUT2D eigenvalue weighted by atomic mass is 32.2. The Kier molecular flexibility index (Phi) is 6.74. The van der Waals surface area contributed by atoms with Crippen LogP contribution in [0.3, 0.4) is 0 Å². The Balaban J connectivity index is 1.28. The smallest absolute Gasteiger partial charge is 0.272 e. The average molecular weight is 539 g/mol. The van der Waals surface area contributed by atoms with Gasteiger partial charge in [0.05, 0.1) is 11.3 Å². The molecule has 0 aliphatic rings. The van der Waals surface area contributed by atoms with Crippen molar-refractivity contribution in [1.29, 1.82) is 0 Å². The molecule has 0 bridgehead atoms. The second-order valence-electron chi connectivity index (χ2n) is 9.29. The number of rotatable bonds is 8. The van der Waals surface area contributed by atoms with Crippen LogP contribution in [-0.2, 0) is 24.3 Å². The van der Waals surface area contributed by atoms with Gasteiger partial charge >= 0.3 is 0 Å². The molecule has 0 unspecified atom stereocenters. The van der Waals surface area contributed by atoms with Gasteiger partial charge in [-0.25, -0.2) is 4.98 Å². The fraction of sp³-hybridized carbons (Fsp3) is 0.167. The van der Waals surface area contributed by atoms with Gasteiger partial charge in [-0.1, -0.05) is 78.0 Å². The number of H-pyrrole nitrogens is 1. The molecule has 0 aliphatic carbocycles. The Hall–Kier alpha value is -3.88. The van der Waals surface area contributed by atoms with Crippen LogP contribution < -0.4 is 10.9 Å². The minimum absolute atomic E-state index is 0.0568. The molecular weight excluding hydrogens is 512 g/mol. The molecule has 8 heteroatoms. The van der Waals surface area contributed by atoms with Crippen LogP contribution in [0.15, 0.2) is 88.9 Å². The maximum absolute atomic E-state index is 13.7. The number of amides is 1. The topological polar surface area (TPSA) is 79.8 Å². The summed E-state index contributed by atoms with van der Waals surface area (Å²) in [5, 5.41) is 5.67. The van der Waals surface area contributed by atoms with E-state index in [9.17, 15) is 9.59 Å². The fourth-order valence-electron chi connectivity index (χ4n) is 4.62. The molecule has 6 nitrogen and oxygen atoms in total. The van der Waals surface area contributed by atoms with Crippen LogP contribution >= 0.6 is 23.1 Å². The van der Waals surface area contributed by atoms with E-state index in [-0.39, 0.29) is 17.2 Å². The number of carbonyl (C=O) groups is 1. The van der Waals surface area contributed by atoms with Gasteiger partial charge in [-0.15, -0.1) is 11.3 Å². The number of thioether (sulfide) groups is 1. The van der Waals surface area contributed by atoms with Gasteiger partial charge in [-0.3, -0.25) is 14.2 Å². The molecule has 3 heterocycles. The highest BCUT2D eigenvalue weighted by Crippen LogP contribution is 2.32. The zero-order chi connectivity index (χ0) is 26.1. The quantitative estimate of drug-likeness (QED) is 0.183. The van der Waals surface area contributed by atoms with Crippen molar-refractivity contribution in [1.82, 2.24) is 19.9 Å². The number of para-hydroxylation sites is 1. The summed E-state index contributed by atoms with van der Waals surface area (Å²) >= 11 is 2.79. The third-order valence-corrected chi connectivity index (χ3v) is 8.79. The normalized spacial score (nSPS) is 11.5. The van der Waals surface area contributed by atoms with Crippen molar-refractivity contribution in [3.63, 3.8) is 0 Å². The number of benzene rings is 3. The number of nitrogens with one attached hydrogen (secondary N) is 2. The van der Waals surface area contributed by atoms with Crippen molar-refractivity contribution in [2.75, 3.05) is 5.75 Å². The van der Waals surface area contributed by atoms with Crippen molar-refractivity contribution < 1.29 is 4.79 Å². The SMILES string of the molecule is Cc1ccc(CNC(=O)CSc2nc3c(sc4ccccc43)c(=O)n2CCc2c[nH]c3ccccc23)cc1. The number of hydrogen-bond donors (Lipinski definition) is 2. The molecule has 2 N–H and O–H groups in total. The summed E-state index contributed by atoms with van der Waals surface area (Å²) < 4.78 is 3.42. The number of aromatic amines is 1. The van der Waals surface area contributed by atoms with Crippen LogP contribution in [0.1, 0.15) is 16.7 Å². The molecule has 0 atom stereocenters. The lowest BCUT2D eigenvalue weighted by Crippen LogP contribution is -2.27. The third kappa shape index (κ3) is 4.85. The monoisotopic (exact) mass is 538 g/mol. The molecule has 6 rings (SSSR count). The Morgan fingerprint density at radius 3 is 2.63 bits per heavy atom. The van der Waals surface area contributed by atoms with Gasteiger partial charge < -0.3 is 10.3 Å². The summed E-state index contributed by atoms with van der Waals surface area (Å²) in [5.41, 5.74) is 5.11. The Bertz CT molecular complexity index is 1830. The standard InChI is InChI=1S/C30H26N4O2S2/c1-19-10-12-20(13-11-19)16-32-26(35)18-37-30-33-27-23-7-3-5-9-25(23)38-28(27)29(36)34(30)15-14-21-17-31-24-8-4-2-6-22(21)24/h2-13,17,31H,14-16,18H2,1H3,(H,32,35). The van der Waals surface area contributed by atoms with Crippen LogP contribution in [-0.4, -0.2) is 26.2 Å². The summed E-state index contributed by atoms with van der Waals surface area (Å²) in [6.45, 7) is 2.98. The highest BCUT2D eigenvalue weighted by Gasteiger charge is 2.18. The van der Waals surface area contributed by atoms with Crippen molar-refractivity contribution in [3.8, 4) is 0 Å². The summed E-state index contributed by atoms with van der Waals surface area (Å²) in [5.74, 6) is 0.0853. The lowest BCUT2D eigenvalue weighted by molar-refractivity contribution is -0.118. The zero-order valence-corrected chi connectivity index (χ0v) is 22.5. The number of nitrogens with zero attached hydrogens (tertiary/aromatic N) is 2. The van der Waals surface area contributed by atoms with Crippen LogP contribution in [0.2, 0.25) is 0 Å². The minimum atomic E-state index is -0.0942. The Labute approximate surface area is 227 Å². The first kappa shape index (κ1) is 24.5. The van der Waals surface area contributed by atoms with Gasteiger partial charge in [0.15, 0.2) is 5.16 Å². The number of thiophene rings is 1. The highest BCUT2D eigenvalue weighted by molar-refractivity contribution is 7.99. The van der Waals surface area contributed by atoms with E-state index < -0.39 is 0 Å². The number of hydrogen-bond acceptors (Lipinski definition) is 5. The van der Waals surface area contributed by atoms with Gasteiger partial charge in [0.25, 0.3) is 5.56 Å². The van der Waals surface area contributed by atoms with Gasteiger partial charge in [0, 0.05) is 40.3 Å². The first-order valence-corrected chi connectivity index (χ1v) is 14.3. The van der Waals surface area contributed by atoms with Crippen LogP contribution in [0, 0.1) is 6.92 Å². The molecular formula is C30H26N4O2S2. The van der Waals surface area contributed by atoms with Gasteiger partial charge in [0.2, 0.25) is 5.91 Å². The van der Waals surface area contributed by atoms with Crippen LogP contribution in [0.4, 0.5) is 0 Å². The number of fused-ring (bicyclic) bond motifs is 4. The Morgan fingerprint density at radius 1 is 1.03 bits per heavy atom. The molecule has 0 radical (unpaired) electrons. The molecule has 0 fully saturated rings. The zero-order valence-electron chi connectivity index (χ0n) is 20.9. The Morgan fingerprint density at radius 2 is 1.79 bits per heavy atom. The van der Waals surface area contributed by atoms with E-state index in [2.05, 4.69) is 16.4 Å². The maximum Gasteiger partial charge on any atom is 0.272 e. The van der Waals surface area contributed by atoms with E-state index in [1.54, 1.807) is 4.57 Å². The second kappa shape index (κ2) is 10.5. The van der Waals surface area contributed by atoms with E-state index in [1.165, 1.54) is 28.7 Å². The molecule has 3 aromatic heterocycles. The maximum atomic E-state index is 13.7. The van der Waals surface area contributed by atoms with E-state index >= 15 is 0 Å².